The van der Waals surface area contributed by atoms with Crippen LogP contribution < -0.4 is 5.32 Å². The van der Waals surface area contributed by atoms with Gasteiger partial charge in [0.25, 0.3) is 0 Å². The Morgan fingerprint density at radius 1 is 1.00 bits per heavy atom. The highest BCUT2D eigenvalue weighted by atomic mass is 16.7. The fraction of sp³-hybridized carbons (Fsp3) is 0.684. The highest BCUT2D eigenvalue weighted by molar-refractivity contribution is 5.73. The second-order valence-corrected chi connectivity index (χ2v) is 6.52. The topological polar surface area (TPSA) is 126 Å². The van der Waals surface area contributed by atoms with Crippen LogP contribution in [0.5, 0.6) is 0 Å². The van der Waals surface area contributed by atoms with Crippen molar-refractivity contribution in [2.24, 2.45) is 0 Å². The molecule has 10 nitrogen and oxygen atoms in total. The Balaban J connectivity index is 3.19. The highest BCUT2D eigenvalue weighted by Gasteiger charge is 2.51. The maximum absolute atomic E-state index is 11.7. The Hall–Kier alpha value is -2.46. The van der Waals surface area contributed by atoms with Crippen LogP contribution >= 0.6 is 0 Å². The number of carbonyl (C=O) groups is 4. The molecule has 29 heavy (non-hydrogen) atoms. The van der Waals surface area contributed by atoms with Crippen LogP contribution in [0.2, 0.25) is 0 Å². The molecule has 1 rings (SSSR count). The summed E-state index contributed by atoms with van der Waals surface area (Å²) in [6.07, 6.45) is -1.14. The van der Waals surface area contributed by atoms with Crippen LogP contribution in [0.4, 0.5) is 0 Å². The number of ether oxygens (including phenoxy) is 5. The first-order valence-corrected chi connectivity index (χ1v) is 9.28. The maximum atomic E-state index is 11.7. The lowest BCUT2D eigenvalue weighted by atomic mass is 9.96. The van der Waals surface area contributed by atoms with E-state index in [4.69, 9.17) is 23.7 Å². The largest absolute Gasteiger partial charge is 0.463 e. The first-order valence-electron chi connectivity index (χ1n) is 9.28. The molecule has 0 spiro atoms. The van der Waals surface area contributed by atoms with E-state index in [2.05, 4.69) is 11.9 Å². The summed E-state index contributed by atoms with van der Waals surface area (Å²) < 4.78 is 27.3. The van der Waals surface area contributed by atoms with Gasteiger partial charge in [-0.2, -0.15) is 0 Å². The van der Waals surface area contributed by atoms with E-state index in [1.54, 1.807) is 6.08 Å². The predicted molar refractivity (Wildman–Crippen MR) is 99.4 cm³/mol. The van der Waals surface area contributed by atoms with Crippen LogP contribution in [-0.2, 0) is 42.9 Å². The van der Waals surface area contributed by atoms with Crippen LogP contribution in [0.3, 0.4) is 0 Å². The molecular formula is C19H29NO9. The number of amides is 1. The summed E-state index contributed by atoms with van der Waals surface area (Å²) in [5.41, 5.74) is 0. The van der Waals surface area contributed by atoms with Gasteiger partial charge in [-0.05, 0) is 12.8 Å². The monoisotopic (exact) mass is 415 g/mol. The summed E-state index contributed by atoms with van der Waals surface area (Å²) in [7, 11) is 0. The average molecular weight is 415 g/mol. The van der Waals surface area contributed by atoms with Crippen LogP contribution in [0, 0.1) is 0 Å². The zero-order valence-corrected chi connectivity index (χ0v) is 17.2. The van der Waals surface area contributed by atoms with Crippen LogP contribution in [0.1, 0.15) is 40.5 Å². The molecule has 0 aromatic rings. The van der Waals surface area contributed by atoms with Gasteiger partial charge in [0.05, 0.1) is 6.61 Å². The minimum absolute atomic E-state index is 0.260. The molecule has 0 unspecified atom stereocenters. The summed E-state index contributed by atoms with van der Waals surface area (Å²) in [6.45, 7) is 8.52. The van der Waals surface area contributed by atoms with Gasteiger partial charge in [0.15, 0.2) is 18.5 Å². The van der Waals surface area contributed by atoms with E-state index < -0.39 is 54.5 Å². The first-order chi connectivity index (χ1) is 13.6. The standard InChI is InChI=1S/C19H29NO9/c1-6-7-8-9-25-19-16(20-11(2)21)18(28-14(5)24)17(27-13(4)23)15(29-19)10-26-12(3)22/h6,15-19H,1,7-10H2,2-5H3,(H,20,21)/t15-,16-,17-,18-,19-/m1/s1. The van der Waals surface area contributed by atoms with Crippen molar-refractivity contribution in [1.29, 1.82) is 0 Å². The van der Waals surface area contributed by atoms with E-state index in [9.17, 15) is 19.2 Å². The van der Waals surface area contributed by atoms with Gasteiger partial charge in [-0.25, -0.2) is 0 Å². The first kappa shape index (κ1) is 24.6. The Labute approximate surface area is 169 Å². The lowest BCUT2D eigenvalue weighted by Crippen LogP contribution is -2.66. The molecule has 1 saturated heterocycles. The van der Waals surface area contributed by atoms with Crippen molar-refractivity contribution in [1.82, 2.24) is 5.32 Å². The molecule has 5 atom stereocenters. The van der Waals surface area contributed by atoms with Gasteiger partial charge >= 0.3 is 17.9 Å². The molecule has 0 radical (unpaired) electrons. The molecule has 0 saturated carbocycles. The van der Waals surface area contributed by atoms with Crippen molar-refractivity contribution in [2.75, 3.05) is 13.2 Å². The zero-order valence-electron chi connectivity index (χ0n) is 17.2. The van der Waals surface area contributed by atoms with Crippen LogP contribution in [0.15, 0.2) is 12.7 Å². The molecule has 1 N–H and O–H groups in total. The lowest BCUT2D eigenvalue weighted by molar-refractivity contribution is -0.277. The minimum Gasteiger partial charge on any atom is -0.463 e. The Kier molecular flexibility index (Phi) is 10.3. The van der Waals surface area contributed by atoms with Gasteiger partial charge in [0.2, 0.25) is 5.91 Å². The van der Waals surface area contributed by atoms with Gasteiger partial charge in [-0.1, -0.05) is 6.08 Å². The van der Waals surface area contributed by atoms with Crippen molar-refractivity contribution in [3.63, 3.8) is 0 Å². The SMILES string of the molecule is C=CCCCO[C@@H]1O[C@H](COC(C)=O)[C@@H](OC(C)=O)[C@H](OC(C)=O)[C@H]1NC(C)=O. The smallest absolute Gasteiger partial charge is 0.303 e. The van der Waals surface area contributed by atoms with Crippen LogP contribution in [-0.4, -0.2) is 67.7 Å². The summed E-state index contributed by atoms with van der Waals surface area (Å²) in [4.78, 5) is 46.3. The fourth-order valence-corrected chi connectivity index (χ4v) is 2.86. The molecule has 10 heteroatoms. The van der Waals surface area contributed by atoms with Gasteiger partial charge in [0.1, 0.15) is 18.8 Å². The fourth-order valence-electron chi connectivity index (χ4n) is 2.86. The molecule has 1 aliphatic heterocycles. The minimum atomic E-state index is -1.12. The Bertz CT molecular complexity index is 606. The Morgan fingerprint density at radius 3 is 2.14 bits per heavy atom. The zero-order chi connectivity index (χ0) is 22.0. The molecule has 1 fully saturated rings. The number of hydrogen-bond acceptors (Lipinski definition) is 9. The average Bonchev–Trinajstić information content (AvgIpc) is 2.60. The van der Waals surface area contributed by atoms with Crippen molar-refractivity contribution >= 4 is 23.8 Å². The quantitative estimate of drug-likeness (QED) is 0.236. The van der Waals surface area contributed by atoms with Gasteiger partial charge in [-0.3, -0.25) is 19.2 Å². The number of allylic oxidation sites excluding steroid dienone is 1. The van der Waals surface area contributed by atoms with E-state index in [0.29, 0.717) is 12.8 Å². The number of hydrogen-bond donors (Lipinski definition) is 1. The number of unbranched alkanes of at least 4 members (excludes halogenated alkanes) is 1. The Morgan fingerprint density at radius 2 is 1.62 bits per heavy atom. The normalized spacial score (nSPS) is 26.1. The molecule has 0 aromatic heterocycles. The van der Waals surface area contributed by atoms with E-state index in [1.807, 2.05) is 0 Å². The lowest BCUT2D eigenvalue weighted by Gasteiger charge is -2.44. The van der Waals surface area contributed by atoms with Crippen molar-refractivity contribution in [3.8, 4) is 0 Å². The summed E-state index contributed by atoms with van der Waals surface area (Å²) >= 11 is 0. The predicted octanol–water partition coefficient (Wildman–Crippen LogP) is 0.625. The molecule has 164 valence electrons. The van der Waals surface area contributed by atoms with Gasteiger partial charge < -0.3 is 29.0 Å². The molecule has 1 amide bonds. The van der Waals surface area contributed by atoms with Crippen molar-refractivity contribution in [3.05, 3.63) is 12.7 Å². The van der Waals surface area contributed by atoms with E-state index >= 15 is 0 Å². The number of rotatable bonds is 10. The number of nitrogens with one attached hydrogen (secondary N) is 1. The van der Waals surface area contributed by atoms with Gasteiger partial charge in [0, 0.05) is 27.7 Å². The van der Waals surface area contributed by atoms with E-state index in [-0.39, 0.29) is 13.2 Å². The molecule has 0 aliphatic carbocycles. The molecule has 1 heterocycles. The van der Waals surface area contributed by atoms with Crippen LogP contribution in [0.25, 0.3) is 0 Å². The molecule has 1 aliphatic rings. The van der Waals surface area contributed by atoms with E-state index in [1.165, 1.54) is 27.7 Å². The maximum Gasteiger partial charge on any atom is 0.303 e. The second-order valence-electron chi connectivity index (χ2n) is 6.52. The van der Waals surface area contributed by atoms with Crippen molar-refractivity contribution in [2.45, 2.75) is 71.2 Å². The third kappa shape index (κ3) is 8.61. The third-order valence-corrected chi connectivity index (χ3v) is 3.91. The highest BCUT2D eigenvalue weighted by Crippen LogP contribution is 2.28. The summed E-state index contributed by atoms with van der Waals surface area (Å²) in [6, 6.07) is -0.946. The number of carbonyl (C=O) groups excluding carboxylic acids is 4. The van der Waals surface area contributed by atoms with Gasteiger partial charge in [-0.15, -0.1) is 6.58 Å². The van der Waals surface area contributed by atoms with E-state index in [0.717, 1.165) is 0 Å². The number of esters is 3. The molecule has 0 aromatic carbocycles. The molecular weight excluding hydrogens is 386 g/mol. The second kappa shape index (κ2) is 12.2. The summed E-state index contributed by atoms with van der Waals surface area (Å²) in [5, 5.41) is 2.63. The van der Waals surface area contributed by atoms with Crippen molar-refractivity contribution < 1.29 is 42.9 Å². The molecule has 0 bridgehead atoms. The third-order valence-electron chi connectivity index (χ3n) is 3.91. The summed E-state index contributed by atoms with van der Waals surface area (Å²) in [5.74, 6) is -2.29.